The minimum absolute atomic E-state index is 0.127. The van der Waals surface area contributed by atoms with Gasteiger partial charge in [0, 0.05) is 18.0 Å². The maximum atomic E-state index is 11.6. The Labute approximate surface area is 104 Å². The topological polar surface area (TPSA) is 57.6 Å². The van der Waals surface area contributed by atoms with Crippen molar-refractivity contribution in [3.63, 3.8) is 0 Å². The number of likely N-dealkylation sites (tertiary alicyclic amines) is 1. The van der Waals surface area contributed by atoms with Crippen molar-refractivity contribution in [2.75, 3.05) is 0 Å². The maximum Gasteiger partial charge on any atom is 0.326 e. The number of aliphatic carboxylic acids is 1. The summed E-state index contributed by atoms with van der Waals surface area (Å²) in [5.41, 5.74) is 0.774. The Balaban J connectivity index is 2.19. The van der Waals surface area contributed by atoms with Gasteiger partial charge in [0.25, 0.3) is 0 Å². The SMILES string of the molecule is O=C(O)[C@H]1CCC(=O)N1Cc1ccccc1Cl. The molecule has 0 unspecified atom stereocenters. The number of carboxylic acid groups (broad SMARTS) is 1. The lowest BCUT2D eigenvalue weighted by atomic mass is 10.2. The molecule has 1 heterocycles. The quantitative estimate of drug-likeness (QED) is 0.895. The summed E-state index contributed by atoms with van der Waals surface area (Å²) in [4.78, 5) is 24.0. The van der Waals surface area contributed by atoms with Crippen molar-refractivity contribution >= 4 is 23.5 Å². The molecule has 4 nitrogen and oxygen atoms in total. The molecule has 1 aromatic rings. The molecule has 0 aromatic heterocycles. The molecular formula is C12H12ClNO3. The standard InChI is InChI=1S/C12H12ClNO3/c13-9-4-2-1-3-8(9)7-14-10(12(16)17)5-6-11(14)15/h1-4,10H,5-7H2,(H,16,17)/t10-/m1/s1. The lowest BCUT2D eigenvalue weighted by Gasteiger charge is -2.22. The fourth-order valence-corrected chi connectivity index (χ4v) is 2.19. The summed E-state index contributed by atoms with van der Waals surface area (Å²) >= 11 is 5.99. The molecule has 2 rings (SSSR count). The van der Waals surface area contributed by atoms with Crippen LogP contribution in [0.4, 0.5) is 0 Å². The van der Waals surface area contributed by atoms with Gasteiger partial charge in [-0.2, -0.15) is 0 Å². The van der Waals surface area contributed by atoms with Crippen molar-refractivity contribution in [3.05, 3.63) is 34.9 Å². The number of carbonyl (C=O) groups excluding carboxylic acids is 1. The number of benzene rings is 1. The molecular weight excluding hydrogens is 242 g/mol. The monoisotopic (exact) mass is 253 g/mol. The highest BCUT2D eigenvalue weighted by Crippen LogP contribution is 2.24. The van der Waals surface area contributed by atoms with Gasteiger partial charge in [-0.3, -0.25) is 4.79 Å². The van der Waals surface area contributed by atoms with Gasteiger partial charge in [-0.05, 0) is 18.1 Å². The van der Waals surface area contributed by atoms with Gasteiger partial charge in [0.15, 0.2) is 0 Å². The molecule has 0 spiro atoms. The third-order valence-electron chi connectivity index (χ3n) is 2.91. The third-order valence-corrected chi connectivity index (χ3v) is 3.28. The van der Waals surface area contributed by atoms with E-state index in [2.05, 4.69) is 0 Å². The number of carbonyl (C=O) groups is 2. The summed E-state index contributed by atoms with van der Waals surface area (Å²) in [6.07, 6.45) is 0.667. The fourth-order valence-electron chi connectivity index (χ4n) is 2.00. The first-order valence-corrected chi connectivity index (χ1v) is 5.73. The van der Waals surface area contributed by atoms with E-state index < -0.39 is 12.0 Å². The van der Waals surface area contributed by atoms with Crippen LogP contribution >= 0.6 is 11.6 Å². The van der Waals surface area contributed by atoms with E-state index in [0.717, 1.165) is 5.56 Å². The van der Waals surface area contributed by atoms with Crippen molar-refractivity contribution in [1.82, 2.24) is 4.90 Å². The lowest BCUT2D eigenvalue weighted by molar-refractivity contribution is -0.146. The molecule has 1 saturated heterocycles. The summed E-state index contributed by atoms with van der Waals surface area (Å²) in [7, 11) is 0. The summed E-state index contributed by atoms with van der Waals surface area (Å²) in [5.74, 6) is -1.08. The summed E-state index contributed by atoms with van der Waals surface area (Å²) in [6.45, 7) is 0.259. The molecule has 90 valence electrons. The van der Waals surface area contributed by atoms with Crippen molar-refractivity contribution in [3.8, 4) is 0 Å². The van der Waals surface area contributed by atoms with Crippen LogP contribution in [0.1, 0.15) is 18.4 Å². The van der Waals surface area contributed by atoms with Crippen LogP contribution in [-0.2, 0) is 16.1 Å². The predicted octanol–water partition coefficient (Wildman–Crippen LogP) is 1.92. The van der Waals surface area contributed by atoms with Gasteiger partial charge in [0.05, 0.1) is 0 Å². The van der Waals surface area contributed by atoms with Crippen LogP contribution < -0.4 is 0 Å². The Bertz CT molecular complexity index is 461. The predicted molar refractivity (Wildman–Crippen MR) is 62.7 cm³/mol. The fraction of sp³-hybridized carbons (Fsp3) is 0.333. The van der Waals surface area contributed by atoms with E-state index in [1.165, 1.54) is 4.90 Å². The van der Waals surface area contributed by atoms with Crippen LogP contribution in [-0.4, -0.2) is 27.9 Å². The minimum atomic E-state index is -0.956. The Kier molecular flexibility index (Phi) is 3.33. The maximum absolute atomic E-state index is 11.6. The second-order valence-corrected chi connectivity index (χ2v) is 4.41. The van der Waals surface area contributed by atoms with E-state index in [4.69, 9.17) is 16.7 Å². The zero-order chi connectivity index (χ0) is 12.4. The third kappa shape index (κ3) is 2.42. The first-order chi connectivity index (χ1) is 8.09. The van der Waals surface area contributed by atoms with Crippen molar-refractivity contribution < 1.29 is 14.7 Å². The van der Waals surface area contributed by atoms with Gasteiger partial charge in [-0.15, -0.1) is 0 Å². The van der Waals surface area contributed by atoms with Crippen molar-refractivity contribution in [2.24, 2.45) is 0 Å². The highest BCUT2D eigenvalue weighted by molar-refractivity contribution is 6.31. The van der Waals surface area contributed by atoms with E-state index in [0.29, 0.717) is 17.9 Å². The molecule has 0 radical (unpaired) electrons. The van der Waals surface area contributed by atoms with E-state index in [-0.39, 0.29) is 12.5 Å². The van der Waals surface area contributed by atoms with Gasteiger partial charge < -0.3 is 10.0 Å². The number of hydrogen-bond donors (Lipinski definition) is 1. The van der Waals surface area contributed by atoms with Gasteiger partial charge in [0.2, 0.25) is 5.91 Å². The van der Waals surface area contributed by atoms with Crippen LogP contribution in [0.5, 0.6) is 0 Å². The Morgan fingerprint density at radius 3 is 2.82 bits per heavy atom. The number of halogens is 1. The van der Waals surface area contributed by atoms with Crippen LogP contribution in [0.3, 0.4) is 0 Å². The van der Waals surface area contributed by atoms with E-state index in [9.17, 15) is 9.59 Å². The minimum Gasteiger partial charge on any atom is -0.480 e. The molecule has 1 N–H and O–H groups in total. The number of hydrogen-bond acceptors (Lipinski definition) is 2. The molecule has 1 fully saturated rings. The first-order valence-electron chi connectivity index (χ1n) is 5.35. The van der Waals surface area contributed by atoms with E-state index in [1.54, 1.807) is 18.2 Å². The van der Waals surface area contributed by atoms with Crippen LogP contribution in [0, 0.1) is 0 Å². The zero-order valence-electron chi connectivity index (χ0n) is 9.10. The summed E-state index contributed by atoms with van der Waals surface area (Å²) < 4.78 is 0. The second kappa shape index (κ2) is 4.75. The summed E-state index contributed by atoms with van der Waals surface area (Å²) in [5, 5.41) is 9.57. The van der Waals surface area contributed by atoms with E-state index in [1.807, 2.05) is 6.07 Å². The molecule has 1 aliphatic rings. The number of carboxylic acids is 1. The highest BCUT2D eigenvalue weighted by atomic mass is 35.5. The highest BCUT2D eigenvalue weighted by Gasteiger charge is 2.35. The smallest absolute Gasteiger partial charge is 0.326 e. The van der Waals surface area contributed by atoms with Gasteiger partial charge in [0.1, 0.15) is 6.04 Å². The number of amides is 1. The lowest BCUT2D eigenvalue weighted by Crippen LogP contribution is -2.37. The average Bonchev–Trinajstić information content (AvgIpc) is 2.64. The van der Waals surface area contributed by atoms with Gasteiger partial charge in [-0.1, -0.05) is 29.8 Å². The molecule has 0 aliphatic carbocycles. The van der Waals surface area contributed by atoms with Gasteiger partial charge >= 0.3 is 5.97 Å². The Hall–Kier alpha value is -1.55. The average molecular weight is 254 g/mol. The van der Waals surface area contributed by atoms with Crippen LogP contribution in [0.15, 0.2) is 24.3 Å². The molecule has 1 atom stereocenters. The molecule has 1 amide bonds. The normalized spacial score (nSPS) is 19.7. The molecule has 17 heavy (non-hydrogen) atoms. The van der Waals surface area contributed by atoms with Crippen LogP contribution in [0.25, 0.3) is 0 Å². The molecule has 1 aliphatic heterocycles. The summed E-state index contributed by atoms with van der Waals surface area (Å²) in [6, 6.07) is 6.42. The van der Waals surface area contributed by atoms with Crippen molar-refractivity contribution in [2.45, 2.75) is 25.4 Å². The zero-order valence-corrected chi connectivity index (χ0v) is 9.85. The molecule has 0 saturated carbocycles. The Morgan fingerprint density at radius 1 is 1.47 bits per heavy atom. The number of nitrogens with zero attached hydrogens (tertiary/aromatic N) is 1. The van der Waals surface area contributed by atoms with Crippen molar-refractivity contribution in [1.29, 1.82) is 0 Å². The Morgan fingerprint density at radius 2 is 2.18 bits per heavy atom. The molecule has 1 aromatic carbocycles. The largest absolute Gasteiger partial charge is 0.480 e. The van der Waals surface area contributed by atoms with E-state index >= 15 is 0 Å². The number of rotatable bonds is 3. The first kappa shape index (κ1) is 11.9. The molecule has 0 bridgehead atoms. The van der Waals surface area contributed by atoms with Crippen LogP contribution in [0.2, 0.25) is 5.02 Å². The second-order valence-electron chi connectivity index (χ2n) is 4.01. The molecule has 5 heteroatoms. The van der Waals surface area contributed by atoms with Gasteiger partial charge in [-0.25, -0.2) is 4.79 Å².